The number of rotatable bonds is 4. The monoisotopic (exact) mass is 310 g/mol. The van der Waals surface area contributed by atoms with Crippen LogP contribution in [-0.4, -0.2) is 16.3 Å². The normalized spacial score (nSPS) is 21.5. The highest BCUT2D eigenvalue weighted by atomic mass is 32.2. The minimum Gasteiger partial charge on any atom is -0.298 e. The fourth-order valence-electron chi connectivity index (χ4n) is 2.91. The molecule has 1 atom stereocenters. The van der Waals surface area contributed by atoms with Crippen molar-refractivity contribution in [3.8, 4) is 0 Å². The second-order valence-electron chi connectivity index (χ2n) is 5.57. The Hall–Kier alpha value is -1.87. The summed E-state index contributed by atoms with van der Waals surface area (Å²) >= 11 is 1.42. The van der Waals surface area contributed by atoms with E-state index in [1.165, 1.54) is 11.8 Å². The first kappa shape index (κ1) is 15.0. The number of carbonyl (C=O) groups is 2. The summed E-state index contributed by atoms with van der Waals surface area (Å²) in [7, 11) is 0. The van der Waals surface area contributed by atoms with Crippen molar-refractivity contribution in [1.29, 1.82) is 0 Å². The smallest absolute Gasteiger partial charge is 0.186 e. The van der Waals surface area contributed by atoms with Gasteiger partial charge in [-0.1, -0.05) is 55.0 Å². The van der Waals surface area contributed by atoms with Crippen molar-refractivity contribution in [3.05, 3.63) is 66.2 Å². The highest BCUT2D eigenvalue weighted by molar-refractivity contribution is 8.02. The van der Waals surface area contributed by atoms with Crippen LogP contribution in [0.1, 0.15) is 36.0 Å². The molecule has 0 N–H and O–H groups in total. The predicted octanol–water partition coefficient (Wildman–Crippen LogP) is 4.54. The van der Waals surface area contributed by atoms with Crippen molar-refractivity contribution >= 4 is 23.3 Å². The van der Waals surface area contributed by atoms with Gasteiger partial charge in [0.1, 0.15) is 4.75 Å². The van der Waals surface area contributed by atoms with Gasteiger partial charge in [-0.2, -0.15) is 0 Å². The Morgan fingerprint density at radius 1 is 0.909 bits per heavy atom. The van der Waals surface area contributed by atoms with Crippen LogP contribution in [0.15, 0.2) is 65.6 Å². The van der Waals surface area contributed by atoms with E-state index in [0.29, 0.717) is 18.4 Å². The van der Waals surface area contributed by atoms with Crippen molar-refractivity contribution in [1.82, 2.24) is 0 Å². The van der Waals surface area contributed by atoms with E-state index in [1.807, 2.05) is 48.5 Å². The number of Topliss-reactive ketones (excluding diaryl/α,β-unsaturated/α-hetero) is 2. The van der Waals surface area contributed by atoms with Crippen molar-refractivity contribution in [2.75, 3.05) is 0 Å². The molecule has 1 fully saturated rings. The number of carbonyl (C=O) groups excluding carboxylic acids is 2. The molecule has 0 bridgehead atoms. The van der Waals surface area contributed by atoms with Crippen LogP contribution in [0.3, 0.4) is 0 Å². The molecule has 3 rings (SSSR count). The topological polar surface area (TPSA) is 34.1 Å². The van der Waals surface area contributed by atoms with Gasteiger partial charge in [-0.3, -0.25) is 9.59 Å². The van der Waals surface area contributed by atoms with E-state index < -0.39 is 4.75 Å². The summed E-state index contributed by atoms with van der Waals surface area (Å²) < 4.78 is -0.957. The van der Waals surface area contributed by atoms with Gasteiger partial charge in [0.15, 0.2) is 11.6 Å². The molecule has 0 amide bonds. The quantitative estimate of drug-likeness (QED) is 0.614. The van der Waals surface area contributed by atoms with Crippen molar-refractivity contribution < 1.29 is 9.59 Å². The second kappa shape index (κ2) is 6.49. The first-order valence-corrected chi connectivity index (χ1v) is 8.41. The van der Waals surface area contributed by atoms with Crippen molar-refractivity contribution in [2.45, 2.75) is 35.3 Å². The van der Waals surface area contributed by atoms with Crippen LogP contribution in [0.4, 0.5) is 0 Å². The molecule has 0 spiro atoms. The zero-order valence-corrected chi connectivity index (χ0v) is 13.1. The second-order valence-corrected chi connectivity index (χ2v) is 6.94. The van der Waals surface area contributed by atoms with Gasteiger partial charge in [0.2, 0.25) is 0 Å². The molecule has 1 aliphatic carbocycles. The molecule has 0 radical (unpaired) electrons. The minimum atomic E-state index is -0.957. The molecule has 0 aliphatic heterocycles. The van der Waals surface area contributed by atoms with E-state index >= 15 is 0 Å². The third kappa shape index (κ3) is 2.86. The maximum absolute atomic E-state index is 13.1. The van der Waals surface area contributed by atoms with Gasteiger partial charge < -0.3 is 0 Å². The van der Waals surface area contributed by atoms with Crippen LogP contribution >= 0.6 is 11.8 Å². The summed E-state index contributed by atoms with van der Waals surface area (Å²) in [5, 5.41) is 0. The van der Waals surface area contributed by atoms with Gasteiger partial charge in [-0.05, 0) is 25.0 Å². The Balaban J connectivity index is 2.00. The molecule has 1 unspecified atom stereocenters. The van der Waals surface area contributed by atoms with Crippen molar-refractivity contribution in [2.24, 2.45) is 0 Å². The van der Waals surface area contributed by atoms with Gasteiger partial charge in [0.05, 0.1) is 0 Å². The zero-order valence-electron chi connectivity index (χ0n) is 12.3. The number of ketones is 2. The zero-order chi connectivity index (χ0) is 15.4. The molecular weight excluding hydrogens is 292 g/mol. The summed E-state index contributed by atoms with van der Waals surface area (Å²) in [4.78, 5) is 26.8. The SMILES string of the molecule is O=C1CCCCC1(Sc1ccccc1)C(=O)c1ccccc1. The van der Waals surface area contributed by atoms with E-state index in [0.717, 1.165) is 17.7 Å². The van der Waals surface area contributed by atoms with Gasteiger partial charge in [-0.15, -0.1) is 11.8 Å². The molecule has 22 heavy (non-hydrogen) atoms. The van der Waals surface area contributed by atoms with E-state index in [1.54, 1.807) is 12.1 Å². The molecule has 1 saturated carbocycles. The number of benzene rings is 2. The maximum atomic E-state index is 13.1. The average molecular weight is 310 g/mol. The average Bonchev–Trinajstić information content (AvgIpc) is 2.58. The Kier molecular flexibility index (Phi) is 4.44. The van der Waals surface area contributed by atoms with E-state index in [2.05, 4.69) is 0 Å². The molecule has 2 nitrogen and oxygen atoms in total. The lowest BCUT2D eigenvalue weighted by molar-refractivity contribution is -0.121. The lowest BCUT2D eigenvalue weighted by Crippen LogP contribution is -2.45. The van der Waals surface area contributed by atoms with Gasteiger partial charge in [-0.25, -0.2) is 0 Å². The molecule has 1 aliphatic rings. The van der Waals surface area contributed by atoms with Crippen LogP contribution in [-0.2, 0) is 4.79 Å². The lowest BCUT2D eigenvalue weighted by atomic mass is 9.81. The summed E-state index contributed by atoms with van der Waals surface area (Å²) in [5.41, 5.74) is 0.626. The molecular formula is C19H18O2S. The van der Waals surface area contributed by atoms with Crippen LogP contribution in [0, 0.1) is 0 Å². The highest BCUT2D eigenvalue weighted by Crippen LogP contribution is 2.43. The molecule has 2 aromatic carbocycles. The van der Waals surface area contributed by atoms with Crippen LogP contribution in [0.5, 0.6) is 0 Å². The van der Waals surface area contributed by atoms with Crippen LogP contribution in [0.2, 0.25) is 0 Å². The summed E-state index contributed by atoms with van der Waals surface area (Å²) in [6.07, 6.45) is 2.93. The molecule has 0 saturated heterocycles. The summed E-state index contributed by atoms with van der Waals surface area (Å²) in [6, 6.07) is 18.9. The Bertz CT molecular complexity index is 666. The molecule has 2 aromatic rings. The van der Waals surface area contributed by atoms with E-state index in [-0.39, 0.29) is 11.6 Å². The van der Waals surface area contributed by atoms with Gasteiger partial charge >= 0.3 is 0 Å². The fourth-order valence-corrected chi connectivity index (χ4v) is 4.28. The third-order valence-corrected chi connectivity index (χ3v) is 5.54. The molecule has 3 heteroatoms. The first-order chi connectivity index (χ1) is 10.7. The Morgan fingerprint density at radius 2 is 1.55 bits per heavy atom. The summed E-state index contributed by atoms with van der Waals surface area (Å²) in [5.74, 6) is 0.0214. The van der Waals surface area contributed by atoms with Crippen LogP contribution < -0.4 is 0 Å². The molecule has 0 heterocycles. The largest absolute Gasteiger partial charge is 0.298 e. The van der Waals surface area contributed by atoms with Gasteiger partial charge in [0.25, 0.3) is 0 Å². The fraction of sp³-hybridized carbons (Fsp3) is 0.263. The summed E-state index contributed by atoms with van der Waals surface area (Å²) in [6.45, 7) is 0. The van der Waals surface area contributed by atoms with E-state index in [4.69, 9.17) is 0 Å². The number of thioether (sulfide) groups is 1. The predicted molar refractivity (Wildman–Crippen MR) is 89.3 cm³/mol. The number of hydrogen-bond donors (Lipinski definition) is 0. The van der Waals surface area contributed by atoms with Gasteiger partial charge in [0, 0.05) is 16.9 Å². The lowest BCUT2D eigenvalue weighted by Gasteiger charge is -2.33. The highest BCUT2D eigenvalue weighted by Gasteiger charge is 2.47. The standard InChI is InChI=1S/C19H18O2S/c20-17-13-7-8-14-19(17,22-16-11-5-2-6-12-16)18(21)15-9-3-1-4-10-15/h1-6,9-12H,7-8,13-14H2. The number of hydrogen-bond acceptors (Lipinski definition) is 3. The van der Waals surface area contributed by atoms with Crippen molar-refractivity contribution in [3.63, 3.8) is 0 Å². The molecule has 0 aromatic heterocycles. The first-order valence-electron chi connectivity index (χ1n) is 7.59. The van der Waals surface area contributed by atoms with Crippen LogP contribution in [0.25, 0.3) is 0 Å². The molecule has 112 valence electrons. The Morgan fingerprint density at radius 3 is 2.18 bits per heavy atom. The Labute approximate surface area is 134 Å². The minimum absolute atomic E-state index is 0.0494. The maximum Gasteiger partial charge on any atom is 0.186 e. The van der Waals surface area contributed by atoms with E-state index in [9.17, 15) is 9.59 Å². The third-order valence-electron chi connectivity index (χ3n) is 4.07.